The van der Waals surface area contributed by atoms with Gasteiger partial charge in [-0.3, -0.25) is 10.1 Å². The van der Waals surface area contributed by atoms with Crippen molar-refractivity contribution in [2.24, 2.45) is 11.7 Å². The molecule has 0 aliphatic rings. The van der Waals surface area contributed by atoms with Crippen LogP contribution in [0.2, 0.25) is 0 Å². The Bertz CT molecular complexity index is 366. The first-order valence-electron chi connectivity index (χ1n) is 5.25. The molecule has 88 valence electrons. The lowest BCUT2D eigenvalue weighted by Crippen LogP contribution is -2.34. The zero-order chi connectivity index (χ0) is 12.1. The highest BCUT2D eigenvalue weighted by Crippen LogP contribution is 2.23. The highest BCUT2D eigenvalue weighted by molar-refractivity contribution is 5.61. The summed E-state index contributed by atoms with van der Waals surface area (Å²) < 4.78 is 0. The van der Waals surface area contributed by atoms with Gasteiger partial charge in [0.15, 0.2) is 0 Å². The van der Waals surface area contributed by atoms with E-state index in [4.69, 9.17) is 5.73 Å². The number of benzene rings is 1. The van der Waals surface area contributed by atoms with Crippen LogP contribution >= 0.6 is 0 Å². The van der Waals surface area contributed by atoms with Gasteiger partial charge in [-0.05, 0) is 12.0 Å². The van der Waals surface area contributed by atoms with Crippen LogP contribution in [0.1, 0.15) is 13.8 Å². The Morgan fingerprint density at radius 2 is 2.06 bits per heavy atom. The molecule has 0 aromatic heterocycles. The molecule has 0 saturated heterocycles. The Labute approximate surface area is 94.8 Å². The topological polar surface area (TPSA) is 81.2 Å². The van der Waals surface area contributed by atoms with E-state index in [0.717, 1.165) is 0 Å². The maximum atomic E-state index is 10.7. The van der Waals surface area contributed by atoms with Crippen molar-refractivity contribution in [1.82, 2.24) is 0 Å². The molecule has 16 heavy (non-hydrogen) atoms. The number of rotatable bonds is 5. The summed E-state index contributed by atoms with van der Waals surface area (Å²) in [4.78, 5) is 10.3. The molecule has 5 heteroatoms. The number of hydrogen-bond acceptors (Lipinski definition) is 4. The van der Waals surface area contributed by atoms with Gasteiger partial charge in [-0.25, -0.2) is 0 Å². The lowest BCUT2D eigenvalue weighted by Gasteiger charge is -2.16. The zero-order valence-corrected chi connectivity index (χ0v) is 9.51. The Kier molecular flexibility index (Phi) is 4.25. The first-order valence-corrected chi connectivity index (χ1v) is 5.25. The van der Waals surface area contributed by atoms with E-state index in [2.05, 4.69) is 5.32 Å². The van der Waals surface area contributed by atoms with Gasteiger partial charge in [-0.2, -0.15) is 0 Å². The quantitative estimate of drug-likeness (QED) is 0.590. The molecule has 0 fully saturated rings. The number of nitro benzene ring substituents is 1. The molecule has 0 aliphatic heterocycles. The first-order chi connectivity index (χ1) is 7.52. The van der Waals surface area contributed by atoms with E-state index >= 15 is 0 Å². The molecule has 0 aliphatic carbocycles. The summed E-state index contributed by atoms with van der Waals surface area (Å²) in [6, 6.07) is 6.55. The summed E-state index contributed by atoms with van der Waals surface area (Å²) in [7, 11) is 0. The molecule has 0 amide bonds. The van der Waals surface area contributed by atoms with E-state index in [1.807, 2.05) is 13.8 Å². The van der Waals surface area contributed by atoms with Crippen LogP contribution in [0.3, 0.4) is 0 Å². The predicted octanol–water partition coefficient (Wildman–Crippen LogP) is 1.99. The normalized spacial score (nSPS) is 12.5. The van der Waals surface area contributed by atoms with Crippen LogP contribution in [0.15, 0.2) is 24.3 Å². The standard InChI is InChI=1S/C11H17N3O2/c1-8(2)9(12)7-13-10-5-3-4-6-11(10)14(15)16/h3-6,8-9,13H,7,12H2,1-2H3. The first kappa shape index (κ1) is 12.4. The van der Waals surface area contributed by atoms with Gasteiger partial charge in [0.25, 0.3) is 5.69 Å². The molecule has 0 spiro atoms. The fourth-order valence-corrected chi connectivity index (χ4v) is 1.25. The Morgan fingerprint density at radius 1 is 1.44 bits per heavy atom. The minimum absolute atomic E-state index is 0.0141. The molecule has 0 saturated carbocycles. The molecule has 0 heterocycles. The SMILES string of the molecule is CC(C)C(N)CNc1ccccc1[N+](=O)[O-]. The average molecular weight is 223 g/mol. The number of nitro groups is 1. The van der Waals surface area contributed by atoms with Crippen LogP contribution in [0.5, 0.6) is 0 Å². The Morgan fingerprint density at radius 3 is 2.62 bits per heavy atom. The molecular formula is C11H17N3O2. The smallest absolute Gasteiger partial charge is 0.292 e. The van der Waals surface area contributed by atoms with Crippen molar-refractivity contribution in [2.45, 2.75) is 19.9 Å². The second-order valence-electron chi connectivity index (χ2n) is 4.06. The van der Waals surface area contributed by atoms with Gasteiger partial charge in [0.2, 0.25) is 0 Å². The predicted molar refractivity (Wildman–Crippen MR) is 64.4 cm³/mol. The van der Waals surface area contributed by atoms with Gasteiger partial charge in [-0.15, -0.1) is 0 Å². The minimum Gasteiger partial charge on any atom is -0.378 e. The van der Waals surface area contributed by atoms with E-state index in [9.17, 15) is 10.1 Å². The lowest BCUT2D eigenvalue weighted by molar-refractivity contribution is -0.384. The zero-order valence-electron chi connectivity index (χ0n) is 9.51. The van der Waals surface area contributed by atoms with Gasteiger partial charge >= 0.3 is 0 Å². The third-order valence-electron chi connectivity index (χ3n) is 2.49. The van der Waals surface area contributed by atoms with Gasteiger partial charge < -0.3 is 11.1 Å². The van der Waals surface area contributed by atoms with E-state index in [1.54, 1.807) is 18.2 Å². The fraction of sp³-hybridized carbons (Fsp3) is 0.455. The summed E-state index contributed by atoms with van der Waals surface area (Å²) in [5, 5.41) is 13.7. The molecule has 3 N–H and O–H groups in total. The molecule has 1 aromatic rings. The molecular weight excluding hydrogens is 206 g/mol. The molecule has 1 aromatic carbocycles. The van der Waals surface area contributed by atoms with Crippen molar-refractivity contribution >= 4 is 11.4 Å². The van der Waals surface area contributed by atoms with E-state index in [1.165, 1.54) is 6.07 Å². The fourth-order valence-electron chi connectivity index (χ4n) is 1.25. The van der Waals surface area contributed by atoms with Gasteiger partial charge in [0.05, 0.1) is 4.92 Å². The van der Waals surface area contributed by atoms with Crippen LogP contribution in [0.4, 0.5) is 11.4 Å². The van der Waals surface area contributed by atoms with Crippen molar-refractivity contribution in [1.29, 1.82) is 0 Å². The van der Waals surface area contributed by atoms with E-state index in [0.29, 0.717) is 18.2 Å². The number of nitrogens with two attached hydrogens (primary N) is 1. The number of anilines is 1. The largest absolute Gasteiger partial charge is 0.378 e. The van der Waals surface area contributed by atoms with E-state index in [-0.39, 0.29) is 11.7 Å². The highest BCUT2D eigenvalue weighted by Gasteiger charge is 2.13. The summed E-state index contributed by atoms with van der Waals surface area (Å²) in [6.45, 7) is 4.57. The number of hydrogen-bond donors (Lipinski definition) is 2. The molecule has 1 unspecified atom stereocenters. The Hall–Kier alpha value is -1.62. The average Bonchev–Trinajstić information content (AvgIpc) is 2.25. The number of nitrogens with one attached hydrogen (secondary N) is 1. The molecule has 1 atom stereocenters. The van der Waals surface area contributed by atoms with Crippen LogP contribution < -0.4 is 11.1 Å². The summed E-state index contributed by atoms with van der Waals surface area (Å²) in [5.41, 5.74) is 6.46. The monoisotopic (exact) mass is 223 g/mol. The second-order valence-corrected chi connectivity index (χ2v) is 4.06. The maximum absolute atomic E-state index is 10.7. The van der Waals surface area contributed by atoms with Crippen molar-refractivity contribution in [2.75, 3.05) is 11.9 Å². The number of nitrogens with zero attached hydrogens (tertiary/aromatic N) is 1. The van der Waals surface area contributed by atoms with Crippen LogP contribution in [-0.2, 0) is 0 Å². The minimum atomic E-state index is -0.400. The van der Waals surface area contributed by atoms with Crippen molar-refractivity contribution < 1.29 is 4.92 Å². The highest BCUT2D eigenvalue weighted by atomic mass is 16.6. The molecule has 5 nitrogen and oxygen atoms in total. The lowest BCUT2D eigenvalue weighted by atomic mass is 10.1. The van der Waals surface area contributed by atoms with Gasteiger partial charge in [0, 0.05) is 18.7 Å². The van der Waals surface area contributed by atoms with Gasteiger partial charge in [0.1, 0.15) is 5.69 Å². The summed E-state index contributed by atoms with van der Waals surface area (Å²) >= 11 is 0. The van der Waals surface area contributed by atoms with Gasteiger partial charge in [-0.1, -0.05) is 26.0 Å². The molecule has 0 radical (unpaired) electrons. The Balaban J connectivity index is 2.70. The third-order valence-corrected chi connectivity index (χ3v) is 2.49. The molecule has 1 rings (SSSR count). The number of para-hydroxylation sites is 2. The van der Waals surface area contributed by atoms with Crippen molar-refractivity contribution in [3.8, 4) is 0 Å². The molecule has 0 bridgehead atoms. The van der Waals surface area contributed by atoms with E-state index < -0.39 is 4.92 Å². The summed E-state index contributed by atoms with van der Waals surface area (Å²) in [6.07, 6.45) is 0. The third kappa shape index (κ3) is 3.20. The maximum Gasteiger partial charge on any atom is 0.292 e. The van der Waals surface area contributed by atoms with Crippen LogP contribution in [-0.4, -0.2) is 17.5 Å². The van der Waals surface area contributed by atoms with Crippen molar-refractivity contribution in [3.05, 3.63) is 34.4 Å². The van der Waals surface area contributed by atoms with Crippen molar-refractivity contribution in [3.63, 3.8) is 0 Å². The second kappa shape index (κ2) is 5.46. The van der Waals surface area contributed by atoms with Crippen LogP contribution in [0.25, 0.3) is 0 Å². The van der Waals surface area contributed by atoms with Crippen LogP contribution in [0, 0.1) is 16.0 Å². The summed E-state index contributed by atoms with van der Waals surface area (Å²) in [5.74, 6) is 0.343.